The van der Waals surface area contributed by atoms with E-state index in [-0.39, 0.29) is 5.54 Å². The minimum Gasteiger partial charge on any atom is -0.314 e. The zero-order valence-corrected chi connectivity index (χ0v) is 11.0. The second-order valence-electron chi connectivity index (χ2n) is 4.46. The minimum atomic E-state index is 0.170. The average Bonchev–Trinajstić information content (AvgIpc) is 2.65. The first-order chi connectivity index (χ1) is 7.09. The first-order valence-corrected chi connectivity index (χ1v) is 6.42. The molecular weight excluding hydrogens is 204 g/mol. The highest BCUT2D eigenvalue weighted by Crippen LogP contribution is 2.17. The van der Waals surface area contributed by atoms with Gasteiger partial charge in [0.1, 0.15) is 0 Å². The van der Waals surface area contributed by atoms with Gasteiger partial charge in [-0.1, -0.05) is 6.92 Å². The summed E-state index contributed by atoms with van der Waals surface area (Å²) in [6.45, 7) is 8.60. The molecule has 0 spiro atoms. The van der Waals surface area contributed by atoms with E-state index in [1.807, 2.05) is 18.4 Å². The molecule has 15 heavy (non-hydrogen) atoms. The molecule has 0 amide bonds. The van der Waals surface area contributed by atoms with Crippen LogP contribution >= 0.6 is 11.3 Å². The third kappa shape index (κ3) is 3.93. The summed E-state index contributed by atoms with van der Waals surface area (Å²) in [6.07, 6.45) is 1.13. The average molecular weight is 226 g/mol. The summed E-state index contributed by atoms with van der Waals surface area (Å²) in [6, 6.07) is 2.23. The quantitative estimate of drug-likeness (QED) is 0.778. The van der Waals surface area contributed by atoms with E-state index in [1.54, 1.807) is 0 Å². The predicted molar refractivity (Wildman–Crippen MR) is 68.5 cm³/mol. The molecule has 86 valence electrons. The molecule has 1 aromatic heterocycles. The topological polar surface area (TPSA) is 24.1 Å². The van der Waals surface area contributed by atoms with E-state index < -0.39 is 0 Å². The van der Waals surface area contributed by atoms with Crippen LogP contribution in [0.1, 0.15) is 31.2 Å². The molecule has 0 aromatic carbocycles. The summed E-state index contributed by atoms with van der Waals surface area (Å²) >= 11 is 1.85. The molecule has 1 rings (SSSR count). The van der Waals surface area contributed by atoms with Gasteiger partial charge in [-0.05, 0) is 44.3 Å². The smallest absolute Gasteiger partial charge is 0.0303 e. The van der Waals surface area contributed by atoms with Crippen LogP contribution in [0.4, 0.5) is 0 Å². The van der Waals surface area contributed by atoms with E-state index in [0.29, 0.717) is 0 Å². The Morgan fingerprint density at radius 3 is 2.73 bits per heavy atom. The Morgan fingerprint density at radius 1 is 1.40 bits per heavy atom. The molecule has 0 bridgehead atoms. The zero-order chi connectivity index (χ0) is 11.3. The third-order valence-electron chi connectivity index (χ3n) is 2.75. The normalized spacial score (nSPS) is 12.0. The SMILES string of the molecule is CCc1ccsc1CNCC(C)(C)NC. The van der Waals surface area contributed by atoms with Crippen molar-refractivity contribution in [3.8, 4) is 0 Å². The van der Waals surface area contributed by atoms with Crippen molar-refractivity contribution in [1.29, 1.82) is 0 Å². The molecule has 0 aliphatic rings. The Labute approximate surface area is 97.1 Å². The largest absolute Gasteiger partial charge is 0.314 e. The van der Waals surface area contributed by atoms with Crippen LogP contribution in [0.25, 0.3) is 0 Å². The number of hydrogen-bond acceptors (Lipinski definition) is 3. The summed E-state index contributed by atoms with van der Waals surface area (Å²) in [5.74, 6) is 0. The molecule has 0 atom stereocenters. The van der Waals surface area contributed by atoms with Crippen molar-refractivity contribution in [1.82, 2.24) is 10.6 Å². The lowest BCUT2D eigenvalue weighted by Gasteiger charge is -2.24. The lowest BCUT2D eigenvalue weighted by molar-refractivity contribution is 0.394. The van der Waals surface area contributed by atoms with Gasteiger partial charge < -0.3 is 10.6 Å². The fourth-order valence-electron chi connectivity index (χ4n) is 1.41. The van der Waals surface area contributed by atoms with Gasteiger partial charge in [-0.3, -0.25) is 0 Å². The van der Waals surface area contributed by atoms with Gasteiger partial charge in [-0.15, -0.1) is 11.3 Å². The molecule has 2 nitrogen and oxygen atoms in total. The maximum absolute atomic E-state index is 3.50. The van der Waals surface area contributed by atoms with Gasteiger partial charge in [0.15, 0.2) is 0 Å². The van der Waals surface area contributed by atoms with Crippen molar-refractivity contribution >= 4 is 11.3 Å². The first kappa shape index (κ1) is 12.7. The Hall–Kier alpha value is -0.380. The summed E-state index contributed by atoms with van der Waals surface area (Å²) in [5, 5.41) is 8.97. The number of nitrogens with one attached hydrogen (secondary N) is 2. The Kier molecular flexibility index (Phi) is 4.77. The lowest BCUT2D eigenvalue weighted by Crippen LogP contribution is -2.45. The molecule has 0 fully saturated rings. The second kappa shape index (κ2) is 5.64. The zero-order valence-electron chi connectivity index (χ0n) is 10.2. The molecule has 0 unspecified atom stereocenters. The van der Waals surface area contributed by atoms with Gasteiger partial charge in [-0.25, -0.2) is 0 Å². The van der Waals surface area contributed by atoms with Gasteiger partial charge in [0, 0.05) is 23.5 Å². The fourth-order valence-corrected chi connectivity index (χ4v) is 2.36. The molecule has 2 N–H and O–H groups in total. The summed E-state index contributed by atoms with van der Waals surface area (Å²) < 4.78 is 0. The first-order valence-electron chi connectivity index (χ1n) is 5.54. The van der Waals surface area contributed by atoms with E-state index in [0.717, 1.165) is 19.5 Å². The molecule has 1 aromatic rings. The van der Waals surface area contributed by atoms with E-state index in [4.69, 9.17) is 0 Å². The molecule has 0 radical (unpaired) electrons. The van der Waals surface area contributed by atoms with Crippen LogP contribution in [0.15, 0.2) is 11.4 Å². The van der Waals surface area contributed by atoms with Crippen molar-refractivity contribution in [2.24, 2.45) is 0 Å². The predicted octanol–water partition coefficient (Wildman–Crippen LogP) is 2.40. The van der Waals surface area contributed by atoms with Crippen LogP contribution in [-0.4, -0.2) is 19.1 Å². The maximum Gasteiger partial charge on any atom is 0.0303 e. The van der Waals surface area contributed by atoms with Crippen LogP contribution in [0.5, 0.6) is 0 Å². The third-order valence-corrected chi connectivity index (χ3v) is 3.71. The minimum absolute atomic E-state index is 0.170. The van der Waals surface area contributed by atoms with Crippen LogP contribution < -0.4 is 10.6 Å². The van der Waals surface area contributed by atoms with Crippen molar-refractivity contribution in [2.45, 2.75) is 39.3 Å². The van der Waals surface area contributed by atoms with E-state index in [9.17, 15) is 0 Å². The molecular formula is C12H22N2S. The number of aryl methyl sites for hydroxylation is 1. The highest BCUT2D eigenvalue weighted by atomic mass is 32.1. The van der Waals surface area contributed by atoms with Gasteiger partial charge in [0.05, 0.1) is 0 Å². The van der Waals surface area contributed by atoms with Crippen molar-refractivity contribution in [2.75, 3.05) is 13.6 Å². The number of likely N-dealkylation sites (N-methyl/N-ethyl adjacent to an activating group) is 1. The van der Waals surface area contributed by atoms with Crippen molar-refractivity contribution < 1.29 is 0 Å². The van der Waals surface area contributed by atoms with Crippen LogP contribution in [-0.2, 0) is 13.0 Å². The number of thiophene rings is 1. The molecule has 0 saturated heterocycles. The van der Waals surface area contributed by atoms with Crippen molar-refractivity contribution in [3.05, 3.63) is 21.9 Å². The van der Waals surface area contributed by atoms with Gasteiger partial charge in [-0.2, -0.15) is 0 Å². The van der Waals surface area contributed by atoms with Gasteiger partial charge in [0.2, 0.25) is 0 Å². The van der Waals surface area contributed by atoms with Crippen LogP contribution in [0.3, 0.4) is 0 Å². The molecule has 0 aliphatic heterocycles. The Morgan fingerprint density at radius 2 is 2.13 bits per heavy atom. The molecule has 0 aliphatic carbocycles. The lowest BCUT2D eigenvalue weighted by atomic mass is 10.1. The van der Waals surface area contributed by atoms with Gasteiger partial charge >= 0.3 is 0 Å². The summed E-state index contributed by atoms with van der Waals surface area (Å²) in [7, 11) is 2.00. The molecule has 3 heteroatoms. The van der Waals surface area contributed by atoms with E-state index in [2.05, 4.69) is 42.9 Å². The molecule has 1 heterocycles. The van der Waals surface area contributed by atoms with Crippen molar-refractivity contribution in [3.63, 3.8) is 0 Å². The second-order valence-corrected chi connectivity index (χ2v) is 5.46. The van der Waals surface area contributed by atoms with Crippen LogP contribution in [0.2, 0.25) is 0 Å². The number of hydrogen-bond donors (Lipinski definition) is 2. The van der Waals surface area contributed by atoms with Crippen LogP contribution in [0, 0.1) is 0 Å². The highest BCUT2D eigenvalue weighted by molar-refractivity contribution is 7.10. The Bertz CT molecular complexity index is 292. The van der Waals surface area contributed by atoms with E-state index >= 15 is 0 Å². The Balaban J connectivity index is 2.38. The van der Waals surface area contributed by atoms with E-state index in [1.165, 1.54) is 10.4 Å². The number of rotatable bonds is 6. The summed E-state index contributed by atoms with van der Waals surface area (Å²) in [4.78, 5) is 1.48. The monoisotopic (exact) mass is 226 g/mol. The highest BCUT2D eigenvalue weighted by Gasteiger charge is 2.13. The maximum atomic E-state index is 3.50. The molecule has 0 saturated carbocycles. The fraction of sp³-hybridized carbons (Fsp3) is 0.667. The standard InChI is InChI=1S/C12H22N2S/c1-5-10-6-7-15-11(10)8-14-9-12(2,3)13-4/h6-7,13-14H,5,8-9H2,1-4H3. The van der Waals surface area contributed by atoms with Gasteiger partial charge in [0.25, 0.3) is 0 Å². The summed E-state index contributed by atoms with van der Waals surface area (Å²) in [5.41, 5.74) is 1.65.